The van der Waals surface area contributed by atoms with Crippen LogP contribution in [0.4, 0.5) is 5.13 Å². The molecule has 0 aliphatic carbocycles. The van der Waals surface area contributed by atoms with Crippen molar-refractivity contribution in [2.24, 2.45) is 0 Å². The Kier molecular flexibility index (Phi) is 4.94. The van der Waals surface area contributed by atoms with Crippen LogP contribution in [0.1, 0.15) is 46.7 Å². The minimum absolute atomic E-state index is 0.0477. The number of amides is 1. The number of carbonyl (C=O) groups is 1. The maximum absolute atomic E-state index is 13.1. The van der Waals surface area contributed by atoms with Gasteiger partial charge in [-0.1, -0.05) is 48.6 Å². The van der Waals surface area contributed by atoms with E-state index in [0.717, 1.165) is 41.9 Å². The van der Waals surface area contributed by atoms with Crippen molar-refractivity contribution in [2.75, 3.05) is 18.8 Å². The molecule has 0 spiro atoms. The fourth-order valence-corrected chi connectivity index (χ4v) is 4.66. The lowest BCUT2D eigenvalue weighted by Gasteiger charge is -2.32. The molecular weight excluding hydrogens is 358 g/mol. The number of anilines is 1. The van der Waals surface area contributed by atoms with Gasteiger partial charge in [0.05, 0.1) is 11.9 Å². The summed E-state index contributed by atoms with van der Waals surface area (Å²) in [6, 6.07) is 10.3. The van der Waals surface area contributed by atoms with E-state index in [-0.39, 0.29) is 11.8 Å². The third-order valence-electron chi connectivity index (χ3n) is 5.11. The van der Waals surface area contributed by atoms with Gasteiger partial charge >= 0.3 is 0 Å². The zero-order valence-electron chi connectivity index (χ0n) is 15.3. The number of hydrogen-bond acceptors (Lipinski definition) is 5. The first-order valence-electron chi connectivity index (χ1n) is 9.30. The molecule has 140 valence electrons. The largest absolute Gasteiger partial charge is 0.375 e. The molecule has 0 radical (unpaired) electrons. The number of aromatic amines is 1. The van der Waals surface area contributed by atoms with Gasteiger partial charge in [-0.25, -0.2) is 4.98 Å². The summed E-state index contributed by atoms with van der Waals surface area (Å²) in [6.07, 6.45) is 4.60. The zero-order valence-corrected chi connectivity index (χ0v) is 16.1. The second kappa shape index (κ2) is 7.52. The normalized spacial score (nSPS) is 17.2. The minimum atomic E-state index is 0.0477. The maximum Gasteiger partial charge on any atom is 0.265 e. The average Bonchev–Trinajstić information content (AvgIpc) is 3.34. The average molecular weight is 382 g/mol. The summed E-state index contributed by atoms with van der Waals surface area (Å²) < 4.78 is 0. The number of thiazole rings is 1. The second-order valence-electron chi connectivity index (χ2n) is 6.84. The highest BCUT2D eigenvalue weighted by atomic mass is 32.1. The van der Waals surface area contributed by atoms with E-state index in [2.05, 4.69) is 27.3 Å². The van der Waals surface area contributed by atoms with Gasteiger partial charge in [0.1, 0.15) is 4.88 Å². The number of aromatic nitrogens is 3. The van der Waals surface area contributed by atoms with Crippen LogP contribution in [0.15, 0.2) is 36.5 Å². The van der Waals surface area contributed by atoms with E-state index in [1.54, 1.807) is 0 Å². The van der Waals surface area contributed by atoms with Crippen LogP contribution < -0.4 is 5.73 Å². The highest BCUT2D eigenvalue weighted by Crippen LogP contribution is 2.34. The van der Waals surface area contributed by atoms with Crippen molar-refractivity contribution in [3.05, 3.63) is 52.8 Å². The number of piperidine rings is 1. The topological polar surface area (TPSA) is 87.9 Å². The van der Waals surface area contributed by atoms with Gasteiger partial charge in [0.25, 0.3) is 5.91 Å². The number of carbonyl (C=O) groups excluding carboxylic acids is 1. The SMILES string of the molecule is CCc1nc(N)sc1C(=O)N1CCCC(c2[nH]ncc2-c2ccccc2)C1. The molecule has 1 atom stereocenters. The van der Waals surface area contributed by atoms with Gasteiger partial charge in [-0.2, -0.15) is 5.10 Å². The Bertz CT molecular complexity index is 933. The molecule has 6 nitrogen and oxygen atoms in total. The van der Waals surface area contributed by atoms with E-state index in [0.29, 0.717) is 23.0 Å². The molecule has 1 saturated heterocycles. The van der Waals surface area contributed by atoms with E-state index in [1.807, 2.05) is 36.2 Å². The monoisotopic (exact) mass is 381 g/mol. The number of nitrogens with two attached hydrogens (primary N) is 1. The molecule has 7 heteroatoms. The number of H-pyrrole nitrogens is 1. The van der Waals surface area contributed by atoms with Gasteiger partial charge in [0.2, 0.25) is 0 Å². The van der Waals surface area contributed by atoms with Crippen LogP contribution in [0.25, 0.3) is 11.1 Å². The molecule has 1 unspecified atom stereocenters. The first kappa shape index (κ1) is 17.7. The molecule has 1 fully saturated rings. The minimum Gasteiger partial charge on any atom is -0.375 e. The summed E-state index contributed by atoms with van der Waals surface area (Å²) in [5, 5.41) is 7.92. The van der Waals surface area contributed by atoms with Crippen molar-refractivity contribution >= 4 is 22.4 Å². The summed E-state index contributed by atoms with van der Waals surface area (Å²) in [5.41, 5.74) is 10.0. The number of aryl methyl sites for hydroxylation is 1. The predicted molar refractivity (Wildman–Crippen MR) is 108 cm³/mol. The molecule has 1 aliphatic rings. The third kappa shape index (κ3) is 3.47. The Morgan fingerprint density at radius 3 is 2.96 bits per heavy atom. The third-order valence-corrected chi connectivity index (χ3v) is 6.03. The molecule has 1 amide bonds. The molecule has 0 bridgehead atoms. The molecule has 3 heterocycles. The van der Waals surface area contributed by atoms with Crippen LogP contribution in [-0.2, 0) is 6.42 Å². The molecule has 27 heavy (non-hydrogen) atoms. The van der Waals surface area contributed by atoms with E-state index in [1.165, 1.54) is 11.3 Å². The molecule has 4 rings (SSSR count). The Labute approximate surface area is 162 Å². The summed E-state index contributed by atoms with van der Waals surface area (Å²) in [6.45, 7) is 3.45. The van der Waals surface area contributed by atoms with E-state index in [4.69, 9.17) is 5.73 Å². The summed E-state index contributed by atoms with van der Waals surface area (Å²) >= 11 is 1.29. The summed E-state index contributed by atoms with van der Waals surface area (Å²) in [5.74, 6) is 0.294. The molecular formula is C20H23N5OS. The highest BCUT2D eigenvalue weighted by molar-refractivity contribution is 7.17. The number of likely N-dealkylation sites (tertiary alicyclic amines) is 1. The van der Waals surface area contributed by atoms with E-state index in [9.17, 15) is 4.79 Å². The van der Waals surface area contributed by atoms with Crippen LogP contribution >= 0.6 is 11.3 Å². The highest BCUT2D eigenvalue weighted by Gasteiger charge is 2.30. The molecule has 2 aromatic heterocycles. The van der Waals surface area contributed by atoms with Crippen molar-refractivity contribution < 1.29 is 4.79 Å². The second-order valence-corrected chi connectivity index (χ2v) is 7.87. The molecule has 0 saturated carbocycles. The smallest absolute Gasteiger partial charge is 0.265 e. The Morgan fingerprint density at radius 1 is 1.37 bits per heavy atom. The molecule has 1 aromatic carbocycles. The number of nitrogen functional groups attached to an aromatic ring is 1. The van der Waals surface area contributed by atoms with Gasteiger partial charge in [0.15, 0.2) is 5.13 Å². The van der Waals surface area contributed by atoms with Crippen molar-refractivity contribution in [3.63, 3.8) is 0 Å². The van der Waals surface area contributed by atoms with Crippen LogP contribution in [-0.4, -0.2) is 39.1 Å². The number of nitrogens with one attached hydrogen (secondary N) is 1. The molecule has 3 N–H and O–H groups in total. The van der Waals surface area contributed by atoms with Crippen LogP contribution in [0.2, 0.25) is 0 Å². The number of rotatable bonds is 4. The molecule has 1 aliphatic heterocycles. The Balaban J connectivity index is 1.57. The lowest BCUT2D eigenvalue weighted by atomic mass is 9.90. The zero-order chi connectivity index (χ0) is 18.8. The van der Waals surface area contributed by atoms with Crippen LogP contribution in [0, 0.1) is 0 Å². The summed E-state index contributed by atoms with van der Waals surface area (Å²) in [4.78, 5) is 20.0. The lowest BCUT2D eigenvalue weighted by Crippen LogP contribution is -2.39. The Morgan fingerprint density at radius 2 is 2.19 bits per heavy atom. The number of benzene rings is 1. The summed E-state index contributed by atoms with van der Waals surface area (Å²) in [7, 11) is 0. The van der Waals surface area contributed by atoms with Gasteiger partial charge in [0, 0.05) is 30.3 Å². The van der Waals surface area contributed by atoms with Crippen molar-refractivity contribution in [1.82, 2.24) is 20.1 Å². The van der Waals surface area contributed by atoms with E-state index >= 15 is 0 Å². The number of hydrogen-bond donors (Lipinski definition) is 2. The van der Waals surface area contributed by atoms with E-state index < -0.39 is 0 Å². The lowest BCUT2D eigenvalue weighted by molar-refractivity contribution is 0.0709. The van der Waals surface area contributed by atoms with Gasteiger partial charge in [-0.3, -0.25) is 9.89 Å². The quantitative estimate of drug-likeness (QED) is 0.721. The fraction of sp³-hybridized carbons (Fsp3) is 0.350. The van der Waals surface area contributed by atoms with Gasteiger partial charge < -0.3 is 10.6 Å². The fourth-order valence-electron chi connectivity index (χ4n) is 3.77. The van der Waals surface area contributed by atoms with Crippen molar-refractivity contribution in [1.29, 1.82) is 0 Å². The first-order valence-corrected chi connectivity index (χ1v) is 10.1. The Hall–Kier alpha value is -2.67. The van der Waals surface area contributed by atoms with Crippen LogP contribution in [0.3, 0.4) is 0 Å². The first-order chi connectivity index (χ1) is 13.2. The van der Waals surface area contributed by atoms with Gasteiger partial charge in [-0.05, 0) is 24.8 Å². The van der Waals surface area contributed by atoms with Crippen LogP contribution in [0.5, 0.6) is 0 Å². The van der Waals surface area contributed by atoms with Gasteiger partial charge in [-0.15, -0.1) is 0 Å². The standard InChI is InChI=1S/C20H23N5OS/c1-2-16-18(27-20(21)23-16)19(26)25-10-6-9-14(12-25)17-15(11-22-24-17)13-7-4-3-5-8-13/h3-5,7-8,11,14H,2,6,9-10,12H2,1H3,(H2,21,23)(H,22,24). The number of nitrogens with zero attached hydrogens (tertiary/aromatic N) is 3. The predicted octanol–water partition coefficient (Wildman–Crippen LogP) is 3.70. The molecule has 3 aromatic rings. The van der Waals surface area contributed by atoms with Crippen molar-refractivity contribution in [2.45, 2.75) is 32.1 Å². The maximum atomic E-state index is 13.1. The van der Waals surface area contributed by atoms with Crippen molar-refractivity contribution in [3.8, 4) is 11.1 Å².